The van der Waals surface area contributed by atoms with Gasteiger partial charge in [-0.05, 0) is 30.7 Å². The SMILES string of the molecule is Cc1ccc(-c2csc(Nc3ccc4c(c3)OCO4)n2)cc1N. The van der Waals surface area contributed by atoms with E-state index in [9.17, 15) is 0 Å². The highest BCUT2D eigenvalue weighted by Crippen LogP contribution is 2.36. The van der Waals surface area contributed by atoms with Gasteiger partial charge in [0.05, 0.1) is 5.69 Å². The van der Waals surface area contributed by atoms with Crippen molar-refractivity contribution in [1.82, 2.24) is 4.98 Å². The van der Waals surface area contributed by atoms with E-state index in [4.69, 9.17) is 15.2 Å². The summed E-state index contributed by atoms with van der Waals surface area (Å²) in [5.74, 6) is 1.52. The first-order valence-electron chi connectivity index (χ1n) is 7.18. The van der Waals surface area contributed by atoms with E-state index in [-0.39, 0.29) is 6.79 Å². The topological polar surface area (TPSA) is 69.4 Å². The number of nitrogens with zero attached hydrogens (tertiary/aromatic N) is 1. The molecule has 0 saturated carbocycles. The van der Waals surface area contributed by atoms with Crippen molar-refractivity contribution in [2.75, 3.05) is 17.8 Å². The monoisotopic (exact) mass is 325 g/mol. The van der Waals surface area contributed by atoms with Gasteiger partial charge in [0.25, 0.3) is 0 Å². The van der Waals surface area contributed by atoms with Crippen LogP contribution in [-0.4, -0.2) is 11.8 Å². The number of hydrogen-bond donors (Lipinski definition) is 2. The molecule has 2 heterocycles. The van der Waals surface area contributed by atoms with Crippen LogP contribution in [0.25, 0.3) is 11.3 Å². The molecule has 0 amide bonds. The number of benzene rings is 2. The number of nitrogens with two attached hydrogens (primary N) is 1. The summed E-state index contributed by atoms with van der Waals surface area (Å²) in [5, 5.41) is 6.12. The predicted octanol–water partition coefficient (Wildman–Crippen LogP) is 4.17. The third-order valence-electron chi connectivity index (χ3n) is 3.70. The van der Waals surface area contributed by atoms with Gasteiger partial charge in [0.2, 0.25) is 6.79 Å². The molecular weight excluding hydrogens is 310 g/mol. The second-order valence-corrected chi connectivity index (χ2v) is 6.16. The van der Waals surface area contributed by atoms with Gasteiger partial charge in [-0.15, -0.1) is 11.3 Å². The maximum absolute atomic E-state index is 5.97. The van der Waals surface area contributed by atoms with Crippen molar-refractivity contribution in [1.29, 1.82) is 0 Å². The molecule has 3 N–H and O–H groups in total. The van der Waals surface area contributed by atoms with E-state index in [1.54, 1.807) is 11.3 Å². The lowest BCUT2D eigenvalue weighted by Gasteiger charge is -2.04. The number of aryl methyl sites for hydroxylation is 1. The maximum Gasteiger partial charge on any atom is 0.231 e. The molecule has 0 saturated heterocycles. The minimum atomic E-state index is 0.273. The summed E-state index contributed by atoms with van der Waals surface area (Å²) in [6.45, 7) is 2.27. The van der Waals surface area contributed by atoms with E-state index in [0.29, 0.717) is 0 Å². The summed E-state index contributed by atoms with van der Waals surface area (Å²) in [7, 11) is 0. The molecule has 1 aromatic heterocycles. The lowest BCUT2D eigenvalue weighted by Crippen LogP contribution is -1.93. The van der Waals surface area contributed by atoms with Crippen molar-refractivity contribution in [2.45, 2.75) is 6.92 Å². The average molecular weight is 325 g/mol. The van der Waals surface area contributed by atoms with Crippen LogP contribution in [0.15, 0.2) is 41.8 Å². The Balaban J connectivity index is 1.57. The predicted molar refractivity (Wildman–Crippen MR) is 92.5 cm³/mol. The van der Waals surface area contributed by atoms with Crippen LogP contribution in [0.1, 0.15) is 5.56 Å². The zero-order chi connectivity index (χ0) is 15.8. The summed E-state index contributed by atoms with van der Waals surface area (Å²) >= 11 is 1.55. The lowest BCUT2D eigenvalue weighted by molar-refractivity contribution is 0.174. The largest absolute Gasteiger partial charge is 0.454 e. The van der Waals surface area contributed by atoms with E-state index < -0.39 is 0 Å². The molecule has 0 unspecified atom stereocenters. The van der Waals surface area contributed by atoms with E-state index in [2.05, 4.69) is 10.3 Å². The first-order chi connectivity index (χ1) is 11.2. The third kappa shape index (κ3) is 2.68. The van der Waals surface area contributed by atoms with Crippen LogP contribution >= 0.6 is 11.3 Å². The quantitative estimate of drug-likeness (QED) is 0.707. The molecule has 1 aliphatic heterocycles. The molecule has 4 rings (SSSR count). The van der Waals surface area contributed by atoms with Gasteiger partial charge in [0.15, 0.2) is 16.6 Å². The molecule has 5 nitrogen and oxygen atoms in total. The van der Waals surface area contributed by atoms with Gasteiger partial charge in [-0.3, -0.25) is 0 Å². The molecule has 3 aromatic rings. The molecule has 0 bridgehead atoms. The fourth-order valence-corrected chi connectivity index (χ4v) is 3.10. The van der Waals surface area contributed by atoms with Crippen LogP contribution < -0.4 is 20.5 Å². The molecule has 2 aromatic carbocycles. The Morgan fingerprint density at radius 3 is 2.87 bits per heavy atom. The Labute approximate surface area is 137 Å². The van der Waals surface area contributed by atoms with Crippen LogP contribution in [0, 0.1) is 6.92 Å². The van der Waals surface area contributed by atoms with Crippen molar-refractivity contribution < 1.29 is 9.47 Å². The minimum Gasteiger partial charge on any atom is -0.454 e. The first kappa shape index (κ1) is 13.9. The summed E-state index contributed by atoms with van der Waals surface area (Å²) in [6, 6.07) is 11.7. The highest BCUT2D eigenvalue weighted by molar-refractivity contribution is 7.14. The number of anilines is 3. The van der Waals surface area contributed by atoms with Gasteiger partial charge in [-0.2, -0.15) is 0 Å². The summed E-state index contributed by atoms with van der Waals surface area (Å²) < 4.78 is 10.7. The number of ether oxygens (including phenoxy) is 2. The van der Waals surface area contributed by atoms with Gasteiger partial charge in [-0.1, -0.05) is 12.1 Å². The molecule has 0 aliphatic carbocycles. The Hall–Kier alpha value is -2.73. The number of fused-ring (bicyclic) bond motifs is 1. The molecular formula is C17H15N3O2S. The van der Waals surface area contributed by atoms with E-state index >= 15 is 0 Å². The standard InChI is InChI=1S/C17H15N3O2S/c1-10-2-3-11(6-13(10)18)14-8-23-17(20-14)19-12-4-5-15-16(7-12)22-9-21-15/h2-8H,9,18H2,1H3,(H,19,20). The Morgan fingerprint density at radius 2 is 2.00 bits per heavy atom. The van der Waals surface area contributed by atoms with Crippen molar-refractivity contribution in [2.24, 2.45) is 0 Å². The molecule has 0 atom stereocenters. The second kappa shape index (κ2) is 5.48. The molecule has 0 radical (unpaired) electrons. The zero-order valence-corrected chi connectivity index (χ0v) is 13.3. The number of rotatable bonds is 3. The summed E-state index contributed by atoms with van der Waals surface area (Å²) in [6.07, 6.45) is 0. The van der Waals surface area contributed by atoms with E-state index in [0.717, 1.165) is 44.8 Å². The molecule has 116 valence electrons. The van der Waals surface area contributed by atoms with Gasteiger partial charge >= 0.3 is 0 Å². The normalized spacial score (nSPS) is 12.4. The number of nitrogen functional groups attached to an aromatic ring is 1. The van der Waals surface area contributed by atoms with E-state index in [1.165, 1.54) is 0 Å². The number of hydrogen-bond acceptors (Lipinski definition) is 6. The first-order valence-corrected chi connectivity index (χ1v) is 8.06. The van der Waals surface area contributed by atoms with E-state index in [1.807, 2.05) is 48.7 Å². The van der Waals surface area contributed by atoms with Gasteiger partial charge in [0, 0.05) is 28.4 Å². The Kier molecular flexibility index (Phi) is 3.31. The Bertz CT molecular complexity index is 876. The van der Waals surface area contributed by atoms with Crippen LogP contribution in [-0.2, 0) is 0 Å². The van der Waals surface area contributed by atoms with Crippen molar-refractivity contribution in [3.05, 3.63) is 47.3 Å². The fourth-order valence-electron chi connectivity index (χ4n) is 2.36. The molecule has 0 spiro atoms. The number of nitrogens with one attached hydrogen (secondary N) is 1. The number of thiazole rings is 1. The minimum absolute atomic E-state index is 0.273. The summed E-state index contributed by atoms with van der Waals surface area (Å²) in [5.41, 5.74) is 10.7. The number of aromatic nitrogens is 1. The van der Waals surface area contributed by atoms with Gasteiger partial charge < -0.3 is 20.5 Å². The van der Waals surface area contributed by atoms with Crippen molar-refractivity contribution in [3.8, 4) is 22.8 Å². The van der Waals surface area contributed by atoms with Crippen LogP contribution in [0.3, 0.4) is 0 Å². The zero-order valence-electron chi connectivity index (χ0n) is 12.5. The van der Waals surface area contributed by atoms with Gasteiger partial charge in [0.1, 0.15) is 0 Å². The smallest absolute Gasteiger partial charge is 0.231 e. The average Bonchev–Trinajstić information content (AvgIpc) is 3.19. The molecule has 6 heteroatoms. The summed E-state index contributed by atoms with van der Waals surface area (Å²) in [4.78, 5) is 4.62. The fraction of sp³-hybridized carbons (Fsp3) is 0.118. The van der Waals surface area contributed by atoms with Crippen molar-refractivity contribution >= 4 is 27.8 Å². The second-order valence-electron chi connectivity index (χ2n) is 5.30. The maximum atomic E-state index is 5.97. The van der Waals surface area contributed by atoms with Gasteiger partial charge in [-0.25, -0.2) is 4.98 Å². The van der Waals surface area contributed by atoms with Crippen molar-refractivity contribution in [3.63, 3.8) is 0 Å². The third-order valence-corrected chi connectivity index (χ3v) is 4.46. The highest BCUT2D eigenvalue weighted by Gasteiger charge is 2.14. The van der Waals surface area contributed by atoms with Crippen LogP contribution in [0.5, 0.6) is 11.5 Å². The molecule has 23 heavy (non-hydrogen) atoms. The van der Waals surface area contributed by atoms with Crippen LogP contribution in [0.4, 0.5) is 16.5 Å². The Morgan fingerprint density at radius 1 is 1.13 bits per heavy atom. The van der Waals surface area contributed by atoms with Crippen LogP contribution in [0.2, 0.25) is 0 Å². The lowest BCUT2D eigenvalue weighted by atomic mass is 10.1. The molecule has 1 aliphatic rings. The molecule has 0 fully saturated rings. The highest BCUT2D eigenvalue weighted by atomic mass is 32.1.